The first kappa shape index (κ1) is 12.9. The second kappa shape index (κ2) is 5.90. The molecule has 0 aliphatic carbocycles. The molecule has 1 amide bonds. The van der Waals surface area contributed by atoms with E-state index in [4.69, 9.17) is 0 Å². The second-order valence-electron chi connectivity index (χ2n) is 4.02. The Morgan fingerprint density at radius 2 is 2.05 bits per heavy atom. The van der Waals surface area contributed by atoms with Gasteiger partial charge in [0.15, 0.2) is 0 Å². The number of hydrogen-bond donors (Lipinski definition) is 2. The topological polar surface area (TPSA) is 79.8 Å². The lowest BCUT2D eigenvalue weighted by Crippen LogP contribution is -2.14. The molecule has 0 unspecified atom stereocenters. The van der Waals surface area contributed by atoms with E-state index in [1.165, 1.54) is 12.4 Å². The summed E-state index contributed by atoms with van der Waals surface area (Å²) in [5, 5.41) is 5.74. The van der Waals surface area contributed by atoms with Crippen LogP contribution in [0.25, 0.3) is 0 Å². The Balaban J connectivity index is 2.07. The first-order chi connectivity index (χ1) is 9.19. The SMILES string of the molecule is CCNc1cnc(C(=O)Nc2cncc(C)c2)cn1. The van der Waals surface area contributed by atoms with Gasteiger partial charge in [-0.25, -0.2) is 9.97 Å². The number of carbonyl (C=O) groups is 1. The standard InChI is InChI=1S/C13H15N5O/c1-3-15-12-8-16-11(7-17-12)13(19)18-10-4-9(2)5-14-6-10/h4-8H,3H2,1-2H3,(H,15,17)(H,18,19). The van der Waals surface area contributed by atoms with Crippen LogP contribution in [0.2, 0.25) is 0 Å². The molecule has 98 valence electrons. The fourth-order valence-electron chi connectivity index (χ4n) is 1.54. The van der Waals surface area contributed by atoms with Crippen LogP contribution in [0, 0.1) is 6.92 Å². The van der Waals surface area contributed by atoms with Crippen LogP contribution in [-0.2, 0) is 0 Å². The van der Waals surface area contributed by atoms with Gasteiger partial charge in [0.1, 0.15) is 11.5 Å². The first-order valence-corrected chi connectivity index (χ1v) is 5.98. The Morgan fingerprint density at radius 3 is 2.68 bits per heavy atom. The third kappa shape index (κ3) is 3.48. The highest BCUT2D eigenvalue weighted by atomic mass is 16.1. The number of pyridine rings is 1. The molecule has 0 saturated carbocycles. The fourth-order valence-corrected chi connectivity index (χ4v) is 1.54. The molecule has 2 N–H and O–H groups in total. The van der Waals surface area contributed by atoms with Crippen LogP contribution in [0.4, 0.5) is 11.5 Å². The molecule has 0 saturated heterocycles. The van der Waals surface area contributed by atoms with Crippen molar-refractivity contribution in [3.05, 3.63) is 42.1 Å². The minimum Gasteiger partial charge on any atom is -0.369 e. The summed E-state index contributed by atoms with van der Waals surface area (Å²) in [6.45, 7) is 4.63. The van der Waals surface area contributed by atoms with Crippen molar-refractivity contribution in [2.75, 3.05) is 17.2 Å². The highest BCUT2D eigenvalue weighted by Crippen LogP contribution is 2.09. The maximum Gasteiger partial charge on any atom is 0.275 e. The number of nitrogens with zero attached hydrogens (tertiary/aromatic N) is 3. The fraction of sp³-hybridized carbons (Fsp3) is 0.231. The third-order valence-corrected chi connectivity index (χ3v) is 2.38. The summed E-state index contributed by atoms with van der Waals surface area (Å²) >= 11 is 0. The molecule has 0 bridgehead atoms. The molecular weight excluding hydrogens is 242 g/mol. The van der Waals surface area contributed by atoms with E-state index < -0.39 is 0 Å². The zero-order valence-corrected chi connectivity index (χ0v) is 10.8. The molecule has 6 nitrogen and oxygen atoms in total. The molecule has 0 aliphatic rings. The average Bonchev–Trinajstić information content (AvgIpc) is 2.40. The summed E-state index contributed by atoms with van der Waals surface area (Å²) in [6, 6.07) is 1.84. The minimum absolute atomic E-state index is 0.267. The number of nitrogens with one attached hydrogen (secondary N) is 2. The summed E-state index contributed by atoms with van der Waals surface area (Å²) in [7, 11) is 0. The van der Waals surface area contributed by atoms with Gasteiger partial charge >= 0.3 is 0 Å². The number of carbonyl (C=O) groups excluding carboxylic acids is 1. The van der Waals surface area contributed by atoms with E-state index in [1.54, 1.807) is 12.4 Å². The van der Waals surface area contributed by atoms with Crippen LogP contribution in [0.1, 0.15) is 23.0 Å². The molecule has 0 radical (unpaired) electrons. The summed E-state index contributed by atoms with van der Waals surface area (Å²) in [4.78, 5) is 24.1. The van der Waals surface area contributed by atoms with Gasteiger partial charge in [-0.15, -0.1) is 0 Å². The molecule has 0 aliphatic heterocycles. The molecule has 2 heterocycles. The summed E-state index contributed by atoms with van der Waals surface area (Å²) in [5.41, 5.74) is 1.89. The van der Waals surface area contributed by atoms with Gasteiger partial charge in [0.25, 0.3) is 5.91 Å². The zero-order valence-electron chi connectivity index (χ0n) is 10.8. The summed E-state index contributed by atoms with van der Waals surface area (Å²) in [5.74, 6) is 0.347. The van der Waals surface area contributed by atoms with Gasteiger partial charge in [-0.2, -0.15) is 0 Å². The van der Waals surface area contributed by atoms with Crippen LogP contribution in [0.3, 0.4) is 0 Å². The number of amides is 1. The van der Waals surface area contributed by atoms with Gasteiger partial charge in [-0.1, -0.05) is 0 Å². The molecule has 0 fully saturated rings. The van der Waals surface area contributed by atoms with Crippen LogP contribution in [0.15, 0.2) is 30.9 Å². The van der Waals surface area contributed by atoms with Crippen molar-refractivity contribution in [2.45, 2.75) is 13.8 Å². The number of anilines is 2. The maximum absolute atomic E-state index is 11.9. The van der Waals surface area contributed by atoms with Crippen molar-refractivity contribution in [1.29, 1.82) is 0 Å². The van der Waals surface area contributed by atoms with E-state index in [9.17, 15) is 4.79 Å². The van der Waals surface area contributed by atoms with E-state index in [1.807, 2.05) is 19.9 Å². The smallest absolute Gasteiger partial charge is 0.275 e. The summed E-state index contributed by atoms with van der Waals surface area (Å²) in [6.07, 6.45) is 6.29. The van der Waals surface area contributed by atoms with Gasteiger partial charge in [0, 0.05) is 12.7 Å². The lowest BCUT2D eigenvalue weighted by Gasteiger charge is -2.05. The van der Waals surface area contributed by atoms with Crippen molar-refractivity contribution in [3.8, 4) is 0 Å². The number of aromatic nitrogens is 3. The first-order valence-electron chi connectivity index (χ1n) is 5.98. The quantitative estimate of drug-likeness (QED) is 0.874. The Hall–Kier alpha value is -2.50. The third-order valence-electron chi connectivity index (χ3n) is 2.38. The molecule has 0 atom stereocenters. The van der Waals surface area contributed by atoms with Crippen LogP contribution >= 0.6 is 0 Å². The van der Waals surface area contributed by atoms with Crippen molar-refractivity contribution < 1.29 is 4.79 Å². The molecule has 2 aromatic rings. The molecule has 0 aromatic carbocycles. The largest absolute Gasteiger partial charge is 0.369 e. The van der Waals surface area contributed by atoms with E-state index in [0.29, 0.717) is 11.5 Å². The zero-order chi connectivity index (χ0) is 13.7. The number of aryl methyl sites for hydroxylation is 1. The number of rotatable bonds is 4. The van der Waals surface area contributed by atoms with Crippen molar-refractivity contribution in [2.24, 2.45) is 0 Å². The van der Waals surface area contributed by atoms with Crippen molar-refractivity contribution >= 4 is 17.4 Å². The lowest BCUT2D eigenvalue weighted by molar-refractivity contribution is 0.102. The highest BCUT2D eigenvalue weighted by molar-refractivity contribution is 6.02. The second-order valence-corrected chi connectivity index (χ2v) is 4.02. The average molecular weight is 257 g/mol. The molecular formula is C13H15N5O. The predicted octanol–water partition coefficient (Wildman–Crippen LogP) is 1.86. The summed E-state index contributed by atoms with van der Waals surface area (Å²) < 4.78 is 0. The van der Waals surface area contributed by atoms with Crippen LogP contribution in [0.5, 0.6) is 0 Å². The predicted molar refractivity (Wildman–Crippen MR) is 73.1 cm³/mol. The molecule has 19 heavy (non-hydrogen) atoms. The Labute approximate surface area is 111 Å². The van der Waals surface area contributed by atoms with Crippen molar-refractivity contribution in [3.63, 3.8) is 0 Å². The van der Waals surface area contributed by atoms with Gasteiger partial charge in [-0.3, -0.25) is 9.78 Å². The molecule has 2 aromatic heterocycles. The monoisotopic (exact) mass is 257 g/mol. The van der Waals surface area contributed by atoms with E-state index >= 15 is 0 Å². The maximum atomic E-state index is 11.9. The van der Waals surface area contributed by atoms with Gasteiger partial charge in [0.2, 0.25) is 0 Å². The van der Waals surface area contributed by atoms with E-state index in [0.717, 1.165) is 12.1 Å². The van der Waals surface area contributed by atoms with E-state index in [2.05, 4.69) is 25.6 Å². The molecule has 6 heteroatoms. The van der Waals surface area contributed by atoms with Gasteiger partial charge in [-0.05, 0) is 25.5 Å². The molecule has 0 spiro atoms. The van der Waals surface area contributed by atoms with Gasteiger partial charge < -0.3 is 10.6 Å². The highest BCUT2D eigenvalue weighted by Gasteiger charge is 2.08. The normalized spacial score (nSPS) is 10.0. The number of hydrogen-bond acceptors (Lipinski definition) is 5. The van der Waals surface area contributed by atoms with Crippen molar-refractivity contribution in [1.82, 2.24) is 15.0 Å². The lowest BCUT2D eigenvalue weighted by atomic mass is 10.3. The Bertz CT molecular complexity index is 568. The van der Waals surface area contributed by atoms with E-state index in [-0.39, 0.29) is 11.6 Å². The Morgan fingerprint density at radius 1 is 1.21 bits per heavy atom. The van der Waals surface area contributed by atoms with Gasteiger partial charge in [0.05, 0.1) is 24.3 Å². The molecule has 2 rings (SSSR count). The minimum atomic E-state index is -0.303. The Kier molecular flexibility index (Phi) is 4.02. The van der Waals surface area contributed by atoms with Crippen LogP contribution in [-0.4, -0.2) is 27.4 Å². The van der Waals surface area contributed by atoms with Crippen LogP contribution < -0.4 is 10.6 Å².